The van der Waals surface area contributed by atoms with Crippen LogP contribution >= 0.6 is 0 Å². The molecule has 0 atom stereocenters. The van der Waals surface area contributed by atoms with Crippen LogP contribution in [0.15, 0.2) is 78.9 Å². The highest BCUT2D eigenvalue weighted by Gasteiger charge is 2.11. The van der Waals surface area contributed by atoms with Gasteiger partial charge < -0.3 is 0 Å². The minimum absolute atomic E-state index is 0.974. The highest BCUT2D eigenvalue weighted by molar-refractivity contribution is 6.05. The van der Waals surface area contributed by atoms with Crippen LogP contribution in [0.4, 0.5) is 0 Å². The summed E-state index contributed by atoms with van der Waals surface area (Å²) in [5, 5.41) is 5.49. The van der Waals surface area contributed by atoms with Crippen LogP contribution in [0.3, 0.4) is 0 Å². The van der Waals surface area contributed by atoms with Gasteiger partial charge >= 0.3 is 0 Å². The lowest BCUT2D eigenvalue weighted by atomic mass is 9.89. The summed E-state index contributed by atoms with van der Waals surface area (Å²) in [6.07, 6.45) is 0.974. The minimum atomic E-state index is 0.974. The van der Waals surface area contributed by atoms with E-state index in [1.165, 1.54) is 38.2 Å². The van der Waals surface area contributed by atoms with Gasteiger partial charge in [-0.05, 0) is 51.6 Å². The van der Waals surface area contributed by atoms with Gasteiger partial charge in [0.25, 0.3) is 0 Å². The Morgan fingerprint density at radius 1 is 0.433 bits per heavy atom. The number of benzene rings is 4. The topological polar surface area (TPSA) is 0 Å². The molecule has 0 N–H and O–H groups in total. The maximum absolute atomic E-state index is 2.26. The van der Waals surface area contributed by atoms with Gasteiger partial charge in [0.05, 0.1) is 0 Å². The van der Waals surface area contributed by atoms with Gasteiger partial charge in [-0.2, -0.15) is 0 Å². The molecule has 0 saturated heterocycles. The van der Waals surface area contributed by atoms with Crippen molar-refractivity contribution in [3.8, 4) is 0 Å². The lowest BCUT2D eigenvalue weighted by Gasteiger charge is -2.15. The fourth-order valence-electron chi connectivity index (χ4n) is 3.43. The second-order valence-electron chi connectivity index (χ2n) is 5.86. The highest BCUT2D eigenvalue weighted by atomic mass is 14.1. The Labute approximate surface area is 186 Å². The first kappa shape index (κ1) is 27.4. The van der Waals surface area contributed by atoms with Gasteiger partial charge in [-0.3, -0.25) is 0 Å². The summed E-state index contributed by atoms with van der Waals surface area (Å²) in [6, 6.07) is 28.3. The molecule has 4 aromatic rings. The average Bonchev–Trinajstić information content (AvgIpc) is 2.87. The molecular weight excluding hydrogens is 360 g/mol. The molecule has 0 aliphatic heterocycles. The van der Waals surface area contributed by atoms with E-state index in [4.69, 9.17) is 0 Å². The second kappa shape index (κ2) is 16.2. The predicted octanol–water partition coefficient (Wildman–Crippen LogP) is 10.00. The van der Waals surface area contributed by atoms with Crippen LogP contribution in [0.25, 0.3) is 21.5 Å². The lowest BCUT2D eigenvalue weighted by Crippen LogP contribution is -1.94. The zero-order valence-electron chi connectivity index (χ0n) is 20.7. The highest BCUT2D eigenvalue weighted by Crippen LogP contribution is 2.33. The van der Waals surface area contributed by atoms with Gasteiger partial charge in [0, 0.05) is 0 Å². The molecule has 0 saturated carbocycles. The molecule has 0 aliphatic rings. The third-order valence-corrected chi connectivity index (χ3v) is 4.54. The molecular formula is C30H42. The number of fused-ring (bicyclic) bond motifs is 2. The van der Waals surface area contributed by atoms with E-state index in [1.54, 1.807) is 0 Å². The van der Waals surface area contributed by atoms with Crippen molar-refractivity contribution in [1.29, 1.82) is 0 Å². The number of hydrogen-bond acceptors (Lipinski definition) is 0. The quantitative estimate of drug-likeness (QED) is 0.292. The number of rotatable bonds is 2. The van der Waals surface area contributed by atoms with E-state index in [1.807, 2.05) is 55.4 Å². The molecule has 30 heavy (non-hydrogen) atoms. The van der Waals surface area contributed by atoms with Crippen LogP contribution in [0, 0.1) is 6.92 Å². The summed E-state index contributed by atoms with van der Waals surface area (Å²) in [5.74, 6) is 0. The largest absolute Gasteiger partial charge is 0.0683 e. The van der Waals surface area contributed by atoms with Crippen molar-refractivity contribution in [3.63, 3.8) is 0 Å². The van der Waals surface area contributed by atoms with Crippen LogP contribution < -0.4 is 0 Å². The number of hydrogen-bond donors (Lipinski definition) is 0. The normalized spacial score (nSPS) is 8.97. The Balaban J connectivity index is 0.000000948. The van der Waals surface area contributed by atoms with Crippen LogP contribution in [0.5, 0.6) is 0 Å². The Kier molecular flexibility index (Phi) is 14.8. The average molecular weight is 403 g/mol. The van der Waals surface area contributed by atoms with E-state index in [2.05, 4.69) is 85.8 Å². The first-order chi connectivity index (χ1) is 14.8. The van der Waals surface area contributed by atoms with Crippen molar-refractivity contribution >= 4 is 21.5 Å². The van der Waals surface area contributed by atoms with Gasteiger partial charge in [0.2, 0.25) is 0 Å². The molecule has 0 amide bonds. The second-order valence-corrected chi connectivity index (χ2v) is 5.86. The fraction of sp³-hybridized carbons (Fsp3) is 0.333. The third-order valence-electron chi connectivity index (χ3n) is 4.54. The molecule has 0 spiro atoms. The molecule has 0 heterocycles. The number of aryl methyl sites for hydroxylation is 1. The van der Waals surface area contributed by atoms with Crippen LogP contribution in [-0.4, -0.2) is 0 Å². The maximum Gasteiger partial charge on any atom is -0.00134 e. The van der Waals surface area contributed by atoms with Crippen molar-refractivity contribution in [2.24, 2.45) is 0 Å². The van der Waals surface area contributed by atoms with Gasteiger partial charge in [-0.15, -0.1) is 0 Å². The molecule has 4 aromatic carbocycles. The molecule has 0 radical (unpaired) electrons. The Morgan fingerprint density at radius 3 is 1.17 bits per heavy atom. The summed E-state index contributed by atoms with van der Waals surface area (Å²) in [5.41, 5.74) is 4.17. The summed E-state index contributed by atoms with van der Waals surface area (Å²) >= 11 is 0. The molecule has 0 nitrogen and oxygen atoms in total. The van der Waals surface area contributed by atoms with E-state index < -0.39 is 0 Å². The smallest absolute Gasteiger partial charge is 0.00134 e. The molecule has 0 unspecified atom stereocenters. The molecule has 0 fully saturated rings. The molecule has 0 aliphatic carbocycles. The predicted molar refractivity (Wildman–Crippen MR) is 141 cm³/mol. The minimum Gasteiger partial charge on any atom is -0.0683 e. The molecule has 0 bridgehead atoms. The monoisotopic (exact) mass is 402 g/mol. The van der Waals surface area contributed by atoms with Crippen molar-refractivity contribution < 1.29 is 0 Å². The standard InChI is InChI=1S/C22H18.4C2H6/c1-16-18-11-5-7-13-20(18)22(15-17-9-3-2-4-10-17)21-14-8-6-12-19(16)21;4*1-2/h2-14H,15H2,1H3;4*1-2H3. The van der Waals surface area contributed by atoms with Crippen LogP contribution in [0.1, 0.15) is 72.1 Å². The Bertz CT molecular complexity index is 892. The summed E-state index contributed by atoms with van der Waals surface area (Å²) in [6.45, 7) is 18.2. The van der Waals surface area contributed by atoms with E-state index >= 15 is 0 Å². The Morgan fingerprint density at radius 2 is 0.767 bits per heavy atom. The summed E-state index contributed by atoms with van der Waals surface area (Å²) in [7, 11) is 0. The fourth-order valence-corrected chi connectivity index (χ4v) is 3.43. The van der Waals surface area contributed by atoms with Crippen molar-refractivity contribution in [2.45, 2.75) is 68.7 Å². The van der Waals surface area contributed by atoms with Gasteiger partial charge in [-0.1, -0.05) is 134 Å². The van der Waals surface area contributed by atoms with E-state index in [-0.39, 0.29) is 0 Å². The maximum atomic E-state index is 2.26. The first-order valence-corrected chi connectivity index (χ1v) is 11.8. The van der Waals surface area contributed by atoms with Crippen molar-refractivity contribution in [3.05, 3.63) is 95.6 Å². The van der Waals surface area contributed by atoms with Crippen molar-refractivity contribution in [2.75, 3.05) is 0 Å². The zero-order valence-corrected chi connectivity index (χ0v) is 20.7. The first-order valence-electron chi connectivity index (χ1n) is 11.8. The van der Waals surface area contributed by atoms with Crippen LogP contribution in [-0.2, 0) is 6.42 Å². The summed E-state index contributed by atoms with van der Waals surface area (Å²) < 4.78 is 0. The third kappa shape index (κ3) is 6.73. The van der Waals surface area contributed by atoms with E-state index in [9.17, 15) is 0 Å². The molecule has 4 rings (SSSR count). The zero-order chi connectivity index (χ0) is 22.9. The molecule has 0 heteroatoms. The van der Waals surface area contributed by atoms with Crippen molar-refractivity contribution in [1.82, 2.24) is 0 Å². The van der Waals surface area contributed by atoms with Gasteiger partial charge in [0.1, 0.15) is 0 Å². The van der Waals surface area contributed by atoms with Crippen LogP contribution in [0.2, 0.25) is 0 Å². The van der Waals surface area contributed by atoms with E-state index in [0.717, 1.165) is 6.42 Å². The van der Waals surface area contributed by atoms with E-state index in [0.29, 0.717) is 0 Å². The van der Waals surface area contributed by atoms with Gasteiger partial charge in [-0.25, -0.2) is 0 Å². The van der Waals surface area contributed by atoms with Gasteiger partial charge in [0.15, 0.2) is 0 Å². The molecule has 0 aromatic heterocycles. The summed E-state index contributed by atoms with van der Waals surface area (Å²) in [4.78, 5) is 0. The lowest BCUT2D eigenvalue weighted by molar-refractivity contribution is 1.23. The SMILES string of the molecule is CC.CC.CC.CC.Cc1c2ccccc2c(Cc2ccccc2)c2ccccc12. The molecule has 162 valence electrons. The Hall–Kier alpha value is -2.60.